The van der Waals surface area contributed by atoms with Crippen molar-refractivity contribution in [1.29, 1.82) is 0 Å². The average molecular weight is 413 g/mol. The second-order valence-corrected chi connectivity index (χ2v) is 9.84. The Kier molecular flexibility index (Phi) is 4.51. The van der Waals surface area contributed by atoms with Gasteiger partial charge >= 0.3 is 0 Å². The summed E-state index contributed by atoms with van der Waals surface area (Å²) in [4.78, 5) is 19.2. The average Bonchev–Trinajstić information content (AvgIpc) is 3.21. The van der Waals surface area contributed by atoms with Gasteiger partial charge in [-0.2, -0.15) is 0 Å². The molecule has 3 aromatic heterocycles. The van der Waals surface area contributed by atoms with Crippen molar-refractivity contribution in [3.05, 3.63) is 47.8 Å². The molecular formula is C20H24N6O2S. The Hall–Kier alpha value is -2.52. The highest BCUT2D eigenvalue weighted by atomic mass is 32.2. The number of nitrogens with zero attached hydrogens (tertiary/aromatic N) is 5. The normalized spacial score (nSPS) is 18.9. The molecule has 0 amide bonds. The summed E-state index contributed by atoms with van der Waals surface area (Å²) in [6.45, 7) is 2.78. The number of pyridine rings is 1. The minimum Gasteiger partial charge on any atom is -0.366 e. The van der Waals surface area contributed by atoms with E-state index in [1.54, 1.807) is 10.6 Å². The van der Waals surface area contributed by atoms with Crippen LogP contribution in [-0.2, 0) is 23.0 Å². The number of piperidine rings is 1. The van der Waals surface area contributed by atoms with E-state index in [9.17, 15) is 8.42 Å². The van der Waals surface area contributed by atoms with Crippen molar-refractivity contribution in [2.45, 2.75) is 31.7 Å². The Bertz CT molecular complexity index is 1150. The Labute approximate surface area is 170 Å². The Morgan fingerprint density at radius 1 is 1.10 bits per heavy atom. The van der Waals surface area contributed by atoms with E-state index in [2.05, 4.69) is 37.0 Å². The smallest absolute Gasteiger partial charge is 0.211 e. The lowest BCUT2D eigenvalue weighted by molar-refractivity contribution is 0.317. The molecule has 0 unspecified atom stereocenters. The van der Waals surface area contributed by atoms with E-state index < -0.39 is 10.0 Å². The highest BCUT2D eigenvalue weighted by Gasteiger charge is 2.30. The molecule has 29 heavy (non-hydrogen) atoms. The summed E-state index contributed by atoms with van der Waals surface area (Å²) < 4.78 is 25.2. The fourth-order valence-corrected chi connectivity index (χ4v) is 5.48. The van der Waals surface area contributed by atoms with Crippen LogP contribution in [0.5, 0.6) is 0 Å². The van der Waals surface area contributed by atoms with Gasteiger partial charge in [0, 0.05) is 67.5 Å². The van der Waals surface area contributed by atoms with E-state index in [-0.39, 0.29) is 5.92 Å². The second-order valence-electron chi connectivity index (χ2n) is 7.86. The third-order valence-corrected chi connectivity index (χ3v) is 7.43. The summed E-state index contributed by atoms with van der Waals surface area (Å²) in [7, 11) is -3.13. The third kappa shape index (κ3) is 3.38. The second kappa shape index (κ2) is 7.07. The number of H-pyrrole nitrogens is 1. The highest BCUT2D eigenvalue weighted by Crippen LogP contribution is 2.35. The topological polar surface area (TPSA) is 95.1 Å². The van der Waals surface area contributed by atoms with Gasteiger partial charge in [-0.25, -0.2) is 27.7 Å². The van der Waals surface area contributed by atoms with Crippen LogP contribution in [0.3, 0.4) is 0 Å². The lowest BCUT2D eigenvalue weighted by Crippen LogP contribution is -2.38. The monoisotopic (exact) mass is 412 g/mol. The quantitative estimate of drug-likeness (QED) is 0.708. The molecule has 3 aromatic rings. The predicted molar refractivity (Wildman–Crippen MR) is 111 cm³/mol. The summed E-state index contributed by atoms with van der Waals surface area (Å²) >= 11 is 0. The molecule has 0 bridgehead atoms. The van der Waals surface area contributed by atoms with Crippen molar-refractivity contribution in [2.24, 2.45) is 0 Å². The number of hydrogen-bond acceptors (Lipinski definition) is 6. The molecular weight excluding hydrogens is 388 g/mol. The first-order valence-electron chi connectivity index (χ1n) is 9.95. The maximum atomic E-state index is 11.8. The standard InChI is InChI=1S/C20H24N6O2S/c1-29(27,28)26-10-4-14(5-11-26)19-16-12-25(9-6-17(16)23-13-24-19)18-3-8-22-20-15(18)2-7-21-20/h2-3,7-8,13-14H,4-6,9-12H2,1H3,(H,21,22). The first-order chi connectivity index (χ1) is 14.0. The van der Waals surface area contributed by atoms with Crippen LogP contribution in [0.25, 0.3) is 11.0 Å². The molecule has 0 aliphatic carbocycles. The maximum Gasteiger partial charge on any atom is 0.211 e. The minimum atomic E-state index is -3.13. The van der Waals surface area contributed by atoms with E-state index in [1.165, 1.54) is 17.5 Å². The fourth-order valence-electron chi connectivity index (χ4n) is 4.60. The molecule has 5 rings (SSSR count). The molecule has 2 aliphatic rings. The van der Waals surface area contributed by atoms with Crippen LogP contribution >= 0.6 is 0 Å². The van der Waals surface area contributed by atoms with Crippen molar-refractivity contribution in [3.8, 4) is 0 Å². The van der Waals surface area contributed by atoms with Crippen molar-refractivity contribution in [3.63, 3.8) is 0 Å². The SMILES string of the molecule is CS(=O)(=O)N1CCC(c2ncnc3c2CN(c2ccnc4[nH]ccc24)CC3)CC1. The van der Waals surface area contributed by atoms with E-state index >= 15 is 0 Å². The Morgan fingerprint density at radius 2 is 1.93 bits per heavy atom. The van der Waals surface area contributed by atoms with Gasteiger partial charge in [-0.05, 0) is 25.0 Å². The van der Waals surface area contributed by atoms with E-state index in [1.807, 2.05) is 12.4 Å². The number of rotatable bonds is 3. The molecule has 0 radical (unpaired) electrons. The number of aromatic amines is 1. The van der Waals surface area contributed by atoms with Crippen molar-refractivity contribution < 1.29 is 8.42 Å². The van der Waals surface area contributed by atoms with Crippen LogP contribution in [0.15, 0.2) is 30.9 Å². The number of fused-ring (bicyclic) bond motifs is 2. The molecule has 1 N–H and O–H groups in total. The van der Waals surface area contributed by atoms with Gasteiger partial charge in [0.1, 0.15) is 12.0 Å². The number of hydrogen-bond donors (Lipinski definition) is 1. The van der Waals surface area contributed by atoms with Crippen molar-refractivity contribution >= 4 is 26.7 Å². The summed E-state index contributed by atoms with van der Waals surface area (Å²) in [6, 6.07) is 4.13. The summed E-state index contributed by atoms with van der Waals surface area (Å²) in [6.07, 6.45) is 9.19. The molecule has 2 aliphatic heterocycles. The fraction of sp³-hybridized carbons (Fsp3) is 0.450. The zero-order chi connectivity index (χ0) is 20.0. The van der Waals surface area contributed by atoms with Crippen molar-refractivity contribution in [2.75, 3.05) is 30.8 Å². The number of sulfonamides is 1. The van der Waals surface area contributed by atoms with Gasteiger partial charge in [-0.1, -0.05) is 0 Å². The van der Waals surface area contributed by atoms with Gasteiger partial charge in [0.15, 0.2) is 0 Å². The molecule has 0 saturated carbocycles. The molecule has 0 aromatic carbocycles. The zero-order valence-corrected chi connectivity index (χ0v) is 17.2. The molecule has 1 fully saturated rings. The van der Waals surface area contributed by atoms with Crippen LogP contribution in [0.4, 0.5) is 5.69 Å². The lowest BCUT2D eigenvalue weighted by atomic mass is 9.89. The van der Waals surface area contributed by atoms with E-state index in [4.69, 9.17) is 0 Å². The molecule has 5 heterocycles. The van der Waals surface area contributed by atoms with Gasteiger partial charge in [0.2, 0.25) is 10.0 Å². The van der Waals surface area contributed by atoms with E-state index in [0.717, 1.165) is 54.8 Å². The lowest BCUT2D eigenvalue weighted by Gasteiger charge is -2.35. The number of anilines is 1. The van der Waals surface area contributed by atoms with Crippen molar-refractivity contribution in [1.82, 2.24) is 24.2 Å². The van der Waals surface area contributed by atoms with Gasteiger partial charge < -0.3 is 9.88 Å². The minimum absolute atomic E-state index is 0.273. The van der Waals surface area contributed by atoms with Gasteiger partial charge in [0.25, 0.3) is 0 Å². The summed E-state index contributed by atoms with van der Waals surface area (Å²) in [5, 5.41) is 1.12. The van der Waals surface area contributed by atoms with Gasteiger partial charge in [-0.3, -0.25) is 0 Å². The maximum absolute atomic E-state index is 11.8. The Balaban J connectivity index is 1.43. The van der Waals surface area contributed by atoms with Crippen LogP contribution in [-0.4, -0.2) is 58.5 Å². The summed E-state index contributed by atoms with van der Waals surface area (Å²) in [5.74, 6) is 0.273. The molecule has 8 nitrogen and oxygen atoms in total. The third-order valence-electron chi connectivity index (χ3n) is 6.12. The molecule has 9 heteroatoms. The first kappa shape index (κ1) is 18.5. The number of nitrogens with one attached hydrogen (secondary N) is 1. The van der Waals surface area contributed by atoms with Crippen LogP contribution in [0.1, 0.15) is 35.7 Å². The molecule has 0 atom stereocenters. The zero-order valence-electron chi connectivity index (χ0n) is 16.4. The van der Waals surface area contributed by atoms with E-state index in [0.29, 0.717) is 13.1 Å². The van der Waals surface area contributed by atoms with Crippen LogP contribution in [0, 0.1) is 0 Å². The molecule has 1 saturated heterocycles. The van der Waals surface area contributed by atoms with Gasteiger partial charge in [-0.15, -0.1) is 0 Å². The highest BCUT2D eigenvalue weighted by molar-refractivity contribution is 7.88. The van der Waals surface area contributed by atoms with Gasteiger partial charge in [0.05, 0.1) is 17.6 Å². The Morgan fingerprint density at radius 3 is 2.72 bits per heavy atom. The molecule has 0 spiro atoms. The largest absolute Gasteiger partial charge is 0.366 e. The van der Waals surface area contributed by atoms with Crippen LogP contribution < -0.4 is 4.90 Å². The first-order valence-corrected chi connectivity index (χ1v) is 11.8. The summed E-state index contributed by atoms with van der Waals surface area (Å²) in [5.41, 5.74) is 5.48. The molecule has 152 valence electrons. The van der Waals surface area contributed by atoms with Crippen LogP contribution in [0.2, 0.25) is 0 Å². The predicted octanol–water partition coefficient (Wildman–Crippen LogP) is 2.05. The number of aromatic nitrogens is 4.